The van der Waals surface area contributed by atoms with Crippen LogP contribution in [0.1, 0.15) is 10.4 Å². The molecule has 1 aliphatic rings. The van der Waals surface area contributed by atoms with Crippen LogP contribution in [0, 0.1) is 0 Å². The lowest BCUT2D eigenvalue weighted by molar-refractivity contribution is -0.135. The molecule has 0 bridgehead atoms. The van der Waals surface area contributed by atoms with Crippen molar-refractivity contribution in [1.29, 1.82) is 0 Å². The minimum absolute atomic E-state index is 0.253. The van der Waals surface area contributed by atoms with Gasteiger partial charge in [-0.25, -0.2) is 0 Å². The van der Waals surface area contributed by atoms with Gasteiger partial charge in [0.15, 0.2) is 0 Å². The summed E-state index contributed by atoms with van der Waals surface area (Å²) in [4.78, 5) is 14.6. The maximum Gasteiger partial charge on any atom is 0.248 e. The lowest BCUT2D eigenvalue weighted by Crippen LogP contribution is -2.37. The van der Waals surface area contributed by atoms with Crippen LogP contribution in [0.25, 0.3) is 21.3 Å². The largest absolute Gasteiger partial charge is 0.387 e. The zero-order valence-electron chi connectivity index (χ0n) is 13.4. The third-order valence-corrected chi connectivity index (χ3v) is 6.62. The van der Waals surface area contributed by atoms with Gasteiger partial charge in [-0.15, -0.1) is 11.3 Å². The average molecular weight is 396 g/mol. The molecule has 0 atom stereocenters. The molecule has 1 aliphatic heterocycles. The van der Waals surface area contributed by atoms with Gasteiger partial charge in [-0.3, -0.25) is 9.48 Å². The summed E-state index contributed by atoms with van der Waals surface area (Å²) in [6, 6.07) is 3.82. The van der Waals surface area contributed by atoms with Crippen molar-refractivity contribution in [2.75, 3.05) is 13.2 Å². The van der Waals surface area contributed by atoms with E-state index < -0.39 is 6.61 Å². The van der Waals surface area contributed by atoms with Crippen molar-refractivity contribution >= 4 is 50.5 Å². The fourth-order valence-corrected chi connectivity index (χ4v) is 5.14. The molecule has 8 heteroatoms. The van der Waals surface area contributed by atoms with Crippen LogP contribution in [0.2, 0.25) is 10.0 Å². The molecule has 2 aromatic heterocycles. The Balaban J connectivity index is 1.93. The Hall–Kier alpha value is -1.60. The van der Waals surface area contributed by atoms with Crippen LogP contribution in [0.4, 0.5) is 0 Å². The lowest BCUT2D eigenvalue weighted by atomic mass is 9.98. The summed E-state index contributed by atoms with van der Waals surface area (Å²) in [5.41, 5.74) is 3.01. The average Bonchev–Trinajstić information content (AvgIpc) is 3.20. The Morgan fingerprint density at radius 1 is 1.44 bits per heavy atom. The lowest BCUT2D eigenvalue weighted by Gasteiger charge is -2.26. The number of rotatable bonds is 2. The molecule has 3 aromatic rings. The molecule has 3 heterocycles. The molecule has 1 amide bonds. The molecule has 25 heavy (non-hydrogen) atoms. The van der Waals surface area contributed by atoms with Gasteiger partial charge < -0.3 is 10.0 Å². The maximum atomic E-state index is 11.8. The van der Waals surface area contributed by atoms with Crippen LogP contribution < -0.4 is 0 Å². The molecule has 0 unspecified atom stereocenters. The number of carbonyl (C=O) groups is 1. The van der Waals surface area contributed by atoms with Crippen LogP contribution in [0.5, 0.6) is 0 Å². The predicted molar refractivity (Wildman–Crippen MR) is 100 cm³/mol. The molecule has 0 fully saturated rings. The van der Waals surface area contributed by atoms with Gasteiger partial charge in [0.05, 0.1) is 27.0 Å². The molecule has 0 saturated heterocycles. The summed E-state index contributed by atoms with van der Waals surface area (Å²) in [5.74, 6) is -0.253. The molecule has 5 nitrogen and oxygen atoms in total. The molecule has 0 saturated carbocycles. The fraction of sp³-hybridized carbons (Fsp3) is 0.294. The van der Waals surface area contributed by atoms with Gasteiger partial charge in [-0.05, 0) is 24.1 Å². The first-order chi connectivity index (χ1) is 12.0. The maximum absolute atomic E-state index is 11.8. The van der Waals surface area contributed by atoms with Crippen LogP contribution in [-0.2, 0) is 24.8 Å². The Morgan fingerprint density at radius 3 is 2.92 bits per heavy atom. The summed E-state index contributed by atoms with van der Waals surface area (Å²) in [6.45, 7) is 0.607. The highest BCUT2D eigenvalue weighted by Crippen LogP contribution is 2.46. The van der Waals surface area contributed by atoms with Gasteiger partial charge in [0, 0.05) is 35.6 Å². The highest BCUT2D eigenvalue weighted by atomic mass is 35.5. The summed E-state index contributed by atoms with van der Waals surface area (Å²) >= 11 is 14.4. The van der Waals surface area contributed by atoms with Crippen LogP contribution in [0.15, 0.2) is 18.3 Å². The Kier molecular flexibility index (Phi) is 4.24. The summed E-state index contributed by atoms with van der Waals surface area (Å²) in [7, 11) is 1.87. The number of aromatic nitrogens is 2. The number of benzene rings is 1. The van der Waals surface area contributed by atoms with Crippen molar-refractivity contribution in [2.24, 2.45) is 7.05 Å². The van der Waals surface area contributed by atoms with Crippen LogP contribution in [-0.4, -0.2) is 38.8 Å². The van der Waals surface area contributed by atoms with Crippen molar-refractivity contribution in [3.8, 4) is 11.3 Å². The predicted octanol–water partition coefficient (Wildman–Crippen LogP) is 3.49. The van der Waals surface area contributed by atoms with Gasteiger partial charge in [0.1, 0.15) is 6.61 Å². The quantitative estimate of drug-likeness (QED) is 0.722. The second-order valence-corrected chi connectivity index (χ2v) is 7.92. The van der Waals surface area contributed by atoms with E-state index in [-0.39, 0.29) is 5.91 Å². The van der Waals surface area contributed by atoms with E-state index in [0.29, 0.717) is 23.1 Å². The highest BCUT2D eigenvalue weighted by molar-refractivity contribution is 7.20. The first-order valence-electron chi connectivity index (χ1n) is 7.80. The van der Waals surface area contributed by atoms with Gasteiger partial charge in [0.2, 0.25) is 5.91 Å². The number of nitrogens with zero attached hydrogens (tertiary/aromatic N) is 3. The van der Waals surface area contributed by atoms with E-state index >= 15 is 0 Å². The summed E-state index contributed by atoms with van der Waals surface area (Å²) in [6.07, 6.45) is 2.61. The van der Waals surface area contributed by atoms with E-state index in [4.69, 9.17) is 28.3 Å². The van der Waals surface area contributed by atoms with Gasteiger partial charge in [0.25, 0.3) is 0 Å². The Morgan fingerprint density at radius 2 is 2.24 bits per heavy atom. The standard InChI is InChI=1S/C17H15Cl2N3O2S/c1-21-4-3-12(20-21)10-6-11(18)16(19)17-15(10)9-2-5-22(14(24)8-23)7-13(9)25-17/h3-4,6,23H,2,5,7-8H2,1H3. The number of aryl methyl sites for hydroxylation is 1. The minimum atomic E-state index is -0.466. The van der Waals surface area contributed by atoms with E-state index in [1.807, 2.05) is 25.4 Å². The molecule has 4 rings (SSSR count). The summed E-state index contributed by atoms with van der Waals surface area (Å²) in [5, 5.41) is 15.7. The number of hydrogen-bond donors (Lipinski definition) is 1. The second-order valence-electron chi connectivity index (χ2n) is 6.03. The topological polar surface area (TPSA) is 58.4 Å². The molecule has 0 spiro atoms. The van der Waals surface area contributed by atoms with Crippen LogP contribution in [0.3, 0.4) is 0 Å². The number of thiophene rings is 1. The van der Waals surface area contributed by atoms with Crippen LogP contribution >= 0.6 is 34.5 Å². The van der Waals surface area contributed by atoms with Gasteiger partial charge in [-0.1, -0.05) is 23.2 Å². The zero-order valence-corrected chi connectivity index (χ0v) is 15.8. The Bertz CT molecular complexity index is 996. The van der Waals surface area contributed by atoms with E-state index in [2.05, 4.69) is 5.10 Å². The van der Waals surface area contributed by atoms with E-state index in [0.717, 1.165) is 32.6 Å². The molecular weight excluding hydrogens is 381 g/mol. The number of hydrogen-bond acceptors (Lipinski definition) is 4. The van der Waals surface area contributed by atoms with E-state index in [9.17, 15) is 4.79 Å². The third-order valence-electron chi connectivity index (χ3n) is 4.48. The van der Waals surface area contributed by atoms with E-state index in [1.165, 1.54) is 5.56 Å². The first kappa shape index (κ1) is 16.8. The number of aliphatic hydroxyl groups excluding tert-OH is 1. The molecule has 1 aromatic carbocycles. The number of carbonyl (C=O) groups excluding carboxylic acids is 1. The Labute approximate surface area is 158 Å². The van der Waals surface area contributed by atoms with Crippen molar-refractivity contribution in [2.45, 2.75) is 13.0 Å². The third kappa shape index (κ3) is 2.73. The number of amides is 1. The molecule has 130 valence electrons. The molecular formula is C17H15Cl2N3O2S. The summed E-state index contributed by atoms with van der Waals surface area (Å²) < 4.78 is 2.68. The normalized spacial score (nSPS) is 14.2. The van der Waals surface area contributed by atoms with Gasteiger partial charge >= 0.3 is 0 Å². The SMILES string of the molecule is Cn1ccc(-c2cc(Cl)c(Cl)c3sc4c(c23)CCN(C(=O)CO)C4)n1. The van der Waals surface area contributed by atoms with E-state index in [1.54, 1.807) is 20.9 Å². The highest BCUT2D eigenvalue weighted by Gasteiger charge is 2.27. The van der Waals surface area contributed by atoms with Gasteiger partial charge in [-0.2, -0.15) is 5.10 Å². The second kappa shape index (κ2) is 6.29. The monoisotopic (exact) mass is 395 g/mol. The number of aliphatic hydroxyl groups is 1. The van der Waals surface area contributed by atoms with Crippen molar-refractivity contribution in [3.05, 3.63) is 38.8 Å². The smallest absolute Gasteiger partial charge is 0.248 e. The molecule has 0 aliphatic carbocycles. The zero-order chi connectivity index (χ0) is 17.7. The van der Waals surface area contributed by atoms with Crippen molar-refractivity contribution in [3.63, 3.8) is 0 Å². The van der Waals surface area contributed by atoms with Crippen molar-refractivity contribution in [1.82, 2.24) is 14.7 Å². The van der Waals surface area contributed by atoms with Crippen molar-refractivity contribution < 1.29 is 9.90 Å². The molecule has 1 N–H and O–H groups in total. The first-order valence-corrected chi connectivity index (χ1v) is 9.37. The fourth-order valence-electron chi connectivity index (χ4n) is 3.29. The molecule has 0 radical (unpaired) electrons. The number of halogens is 2. The minimum Gasteiger partial charge on any atom is -0.387 e. The number of fused-ring (bicyclic) bond motifs is 3.